The van der Waals surface area contributed by atoms with Crippen LogP contribution in [0.1, 0.15) is 59.3 Å². The number of piperidine rings is 1. The number of carboxylic acids is 1. The van der Waals surface area contributed by atoms with Crippen LogP contribution in [0.2, 0.25) is 0 Å². The second kappa shape index (κ2) is 9.51. The summed E-state index contributed by atoms with van der Waals surface area (Å²) >= 11 is 0. The third kappa shape index (κ3) is 5.85. The van der Waals surface area contributed by atoms with Crippen molar-refractivity contribution in [3.05, 3.63) is 70.8 Å². The number of carbonyl (C=O) groups excluding carboxylic acids is 1. The predicted octanol–water partition coefficient (Wildman–Crippen LogP) is 4.64. The highest BCUT2D eigenvalue weighted by Crippen LogP contribution is 2.29. The van der Waals surface area contributed by atoms with Crippen LogP contribution in [0, 0.1) is 0 Å². The lowest BCUT2D eigenvalue weighted by atomic mass is 9.99. The van der Waals surface area contributed by atoms with Crippen LogP contribution in [0.4, 0.5) is 13.2 Å². The molecule has 1 amide bonds. The van der Waals surface area contributed by atoms with Gasteiger partial charge in [0.1, 0.15) is 0 Å². The Morgan fingerprint density at radius 2 is 1.74 bits per heavy atom. The fourth-order valence-corrected chi connectivity index (χ4v) is 3.82. The molecular weight excluding hydrogens is 409 g/mol. The molecule has 0 aliphatic carbocycles. The van der Waals surface area contributed by atoms with E-state index in [4.69, 9.17) is 5.11 Å². The molecule has 31 heavy (non-hydrogen) atoms. The number of hydrogen-bond acceptors (Lipinski definition) is 3. The van der Waals surface area contributed by atoms with Gasteiger partial charge in [0, 0.05) is 6.54 Å². The van der Waals surface area contributed by atoms with Crippen molar-refractivity contribution in [1.29, 1.82) is 0 Å². The number of benzene rings is 2. The van der Waals surface area contributed by atoms with E-state index in [1.165, 1.54) is 24.3 Å². The summed E-state index contributed by atoms with van der Waals surface area (Å²) in [6, 6.07) is 10.7. The number of nitrogens with one attached hydrogen (secondary N) is 1. The molecular formula is C23H25F3N2O3. The van der Waals surface area contributed by atoms with Gasteiger partial charge in [0.05, 0.1) is 23.2 Å². The number of carbonyl (C=O) groups is 2. The molecule has 2 aromatic rings. The maximum atomic E-state index is 12.9. The normalized spacial score (nSPS) is 18.4. The van der Waals surface area contributed by atoms with Crippen LogP contribution in [-0.2, 0) is 17.5 Å². The Bertz CT molecular complexity index is 911. The topological polar surface area (TPSA) is 69.6 Å². The maximum absolute atomic E-state index is 12.9. The van der Waals surface area contributed by atoms with Crippen molar-refractivity contribution in [2.75, 3.05) is 6.54 Å². The number of hydrogen-bond donors (Lipinski definition) is 2. The van der Waals surface area contributed by atoms with Gasteiger partial charge >= 0.3 is 12.1 Å². The van der Waals surface area contributed by atoms with E-state index in [1.807, 2.05) is 11.8 Å². The molecule has 1 aliphatic heterocycles. The van der Waals surface area contributed by atoms with Gasteiger partial charge in [-0.1, -0.05) is 30.7 Å². The van der Waals surface area contributed by atoms with Crippen molar-refractivity contribution in [2.45, 2.75) is 51.0 Å². The van der Waals surface area contributed by atoms with Crippen LogP contribution in [0.25, 0.3) is 0 Å². The highest BCUT2D eigenvalue weighted by Gasteiger charge is 2.31. The largest absolute Gasteiger partial charge is 0.478 e. The van der Waals surface area contributed by atoms with Gasteiger partial charge in [-0.05, 0) is 61.7 Å². The Labute approximate surface area is 178 Å². The van der Waals surface area contributed by atoms with Crippen molar-refractivity contribution in [2.24, 2.45) is 0 Å². The van der Waals surface area contributed by atoms with Gasteiger partial charge in [-0.2, -0.15) is 13.2 Å². The lowest BCUT2D eigenvalue weighted by Gasteiger charge is -2.35. The Morgan fingerprint density at radius 3 is 2.32 bits per heavy atom. The van der Waals surface area contributed by atoms with Crippen LogP contribution in [-0.4, -0.2) is 34.5 Å². The van der Waals surface area contributed by atoms with E-state index >= 15 is 0 Å². The standard InChI is InChI=1S/C23H25F3N2O3/c1-15(17-7-9-18(10-8-17)22(30)31)27-21(29)20-4-2-3-13-28(20)14-16-5-11-19(12-6-16)23(24,25)26/h5-12,15,20H,2-4,13-14H2,1H3,(H,27,29)(H,30,31)/t15-,20+/m0/s1. The van der Waals surface area contributed by atoms with Crippen molar-refractivity contribution < 1.29 is 27.9 Å². The van der Waals surface area contributed by atoms with Crippen LogP contribution in [0.15, 0.2) is 48.5 Å². The van der Waals surface area contributed by atoms with E-state index in [0.717, 1.165) is 36.1 Å². The summed E-state index contributed by atoms with van der Waals surface area (Å²) in [4.78, 5) is 25.9. The molecule has 0 saturated carbocycles. The maximum Gasteiger partial charge on any atom is 0.416 e. The molecule has 0 bridgehead atoms. The summed E-state index contributed by atoms with van der Waals surface area (Å²) in [5.74, 6) is -1.15. The fraction of sp³-hybridized carbons (Fsp3) is 0.391. The van der Waals surface area contributed by atoms with Gasteiger partial charge in [-0.15, -0.1) is 0 Å². The van der Waals surface area contributed by atoms with E-state index < -0.39 is 17.7 Å². The highest BCUT2D eigenvalue weighted by atomic mass is 19.4. The van der Waals surface area contributed by atoms with E-state index in [2.05, 4.69) is 5.32 Å². The molecule has 1 saturated heterocycles. The average Bonchev–Trinajstić information content (AvgIpc) is 2.74. The van der Waals surface area contributed by atoms with Crippen LogP contribution in [0.3, 0.4) is 0 Å². The lowest BCUT2D eigenvalue weighted by molar-refractivity contribution is -0.137. The van der Waals surface area contributed by atoms with E-state index in [0.29, 0.717) is 19.5 Å². The predicted molar refractivity (Wildman–Crippen MR) is 109 cm³/mol. The fourth-order valence-electron chi connectivity index (χ4n) is 3.82. The molecule has 0 radical (unpaired) electrons. The van der Waals surface area contributed by atoms with Crippen LogP contribution < -0.4 is 5.32 Å². The molecule has 166 valence electrons. The van der Waals surface area contributed by atoms with Gasteiger partial charge in [0.15, 0.2) is 0 Å². The minimum absolute atomic E-state index is 0.138. The average molecular weight is 434 g/mol. The Kier molecular flexibility index (Phi) is 7.00. The number of carboxylic acid groups (broad SMARTS) is 1. The van der Waals surface area contributed by atoms with Gasteiger partial charge in [0.25, 0.3) is 0 Å². The number of aromatic carboxylic acids is 1. The minimum Gasteiger partial charge on any atom is -0.478 e. The van der Waals surface area contributed by atoms with Crippen LogP contribution in [0.5, 0.6) is 0 Å². The number of amides is 1. The van der Waals surface area contributed by atoms with Gasteiger partial charge < -0.3 is 10.4 Å². The number of alkyl halides is 3. The molecule has 0 unspecified atom stereocenters. The summed E-state index contributed by atoms with van der Waals surface area (Å²) in [6.45, 7) is 2.93. The lowest BCUT2D eigenvalue weighted by Crippen LogP contribution is -2.49. The molecule has 5 nitrogen and oxygen atoms in total. The SMILES string of the molecule is C[C@H](NC(=O)[C@H]1CCCCN1Cc1ccc(C(F)(F)F)cc1)c1ccc(C(=O)O)cc1. The molecule has 2 atom stereocenters. The first-order valence-electron chi connectivity index (χ1n) is 10.2. The molecule has 8 heteroatoms. The first kappa shape index (κ1) is 22.8. The van der Waals surface area contributed by atoms with Crippen molar-refractivity contribution in [3.63, 3.8) is 0 Å². The Hall–Kier alpha value is -2.87. The molecule has 1 aliphatic rings. The second-order valence-electron chi connectivity index (χ2n) is 7.83. The van der Waals surface area contributed by atoms with Gasteiger partial charge in [-0.3, -0.25) is 9.69 Å². The molecule has 0 spiro atoms. The number of halogens is 3. The summed E-state index contributed by atoms with van der Waals surface area (Å²) in [7, 11) is 0. The minimum atomic E-state index is -4.37. The van der Waals surface area contributed by atoms with E-state index in [-0.39, 0.29) is 23.6 Å². The first-order chi connectivity index (χ1) is 14.6. The number of likely N-dealkylation sites (tertiary alicyclic amines) is 1. The molecule has 1 fully saturated rings. The van der Waals surface area contributed by atoms with Gasteiger partial charge in [0.2, 0.25) is 5.91 Å². The number of nitrogens with zero attached hydrogens (tertiary/aromatic N) is 1. The van der Waals surface area contributed by atoms with E-state index in [9.17, 15) is 22.8 Å². The van der Waals surface area contributed by atoms with Crippen molar-refractivity contribution >= 4 is 11.9 Å². The third-order valence-electron chi connectivity index (χ3n) is 5.60. The smallest absolute Gasteiger partial charge is 0.416 e. The van der Waals surface area contributed by atoms with Crippen LogP contribution >= 0.6 is 0 Å². The molecule has 2 aromatic carbocycles. The van der Waals surface area contributed by atoms with Gasteiger partial charge in [-0.25, -0.2) is 4.79 Å². The molecule has 0 aromatic heterocycles. The zero-order valence-electron chi connectivity index (χ0n) is 17.2. The van der Waals surface area contributed by atoms with E-state index in [1.54, 1.807) is 12.1 Å². The Balaban J connectivity index is 1.65. The Morgan fingerprint density at radius 1 is 1.10 bits per heavy atom. The molecule has 2 N–H and O–H groups in total. The third-order valence-corrected chi connectivity index (χ3v) is 5.60. The second-order valence-corrected chi connectivity index (χ2v) is 7.83. The first-order valence-corrected chi connectivity index (χ1v) is 10.2. The molecule has 3 rings (SSSR count). The zero-order chi connectivity index (χ0) is 22.6. The highest BCUT2D eigenvalue weighted by molar-refractivity contribution is 5.87. The quantitative estimate of drug-likeness (QED) is 0.695. The summed E-state index contributed by atoms with van der Waals surface area (Å²) in [5, 5.41) is 12.0. The van der Waals surface area contributed by atoms with Crippen molar-refractivity contribution in [1.82, 2.24) is 10.2 Å². The molecule has 1 heterocycles. The number of rotatable bonds is 6. The van der Waals surface area contributed by atoms with Crippen molar-refractivity contribution in [3.8, 4) is 0 Å². The monoisotopic (exact) mass is 434 g/mol. The summed E-state index contributed by atoms with van der Waals surface area (Å²) in [5.41, 5.74) is 1.01. The zero-order valence-corrected chi connectivity index (χ0v) is 17.2. The summed E-state index contributed by atoms with van der Waals surface area (Å²) < 4.78 is 38.3. The summed E-state index contributed by atoms with van der Waals surface area (Å²) in [6.07, 6.45) is -1.86.